The van der Waals surface area contributed by atoms with Crippen LogP contribution in [0.15, 0.2) is 170 Å². The van der Waals surface area contributed by atoms with Crippen molar-refractivity contribution in [2.24, 2.45) is 57.7 Å². The lowest BCUT2D eigenvalue weighted by Gasteiger charge is -2.60. The second-order valence-electron chi connectivity index (χ2n) is 39.7. The first kappa shape index (κ1) is 113. The second kappa shape index (κ2) is 41.1. The molecule has 12 saturated carbocycles. The second-order valence-corrected chi connectivity index (χ2v) is 53.1. The molecule has 0 aromatic heterocycles. The highest BCUT2D eigenvalue weighted by Crippen LogP contribution is 2.67. The quantitative estimate of drug-likeness (QED) is 0.0242. The predicted molar refractivity (Wildman–Crippen MR) is 432 cm³/mol. The first-order valence-electron chi connectivity index (χ1n) is 43.2. The highest BCUT2D eigenvalue weighted by Gasteiger charge is 2.76. The largest absolute Gasteiger partial charge is 0.743 e. The molecule has 12 bridgehead atoms. The lowest BCUT2D eigenvalue weighted by molar-refractivity contribution is -0.597. The Balaban J connectivity index is 0.000000173. The maximum absolute atomic E-state index is 14.1. The normalized spacial score (nSPS) is 26.4. The number of ether oxygens (including phenoxy) is 3. The van der Waals surface area contributed by atoms with Gasteiger partial charge in [0.2, 0.25) is 0 Å². The Kier molecular flexibility index (Phi) is 34.2. The van der Waals surface area contributed by atoms with Crippen LogP contribution in [0.2, 0.25) is 0 Å². The smallest absolute Gasteiger partial charge is 0.438 e. The molecule has 12 aliphatic rings. The minimum absolute atomic E-state index is 0.0203. The number of alkyl halides is 24. The van der Waals surface area contributed by atoms with E-state index in [0.29, 0.717) is 88.4 Å². The van der Waals surface area contributed by atoms with E-state index in [1.807, 2.05) is 0 Å². The maximum atomic E-state index is 14.1. The fourth-order valence-electron chi connectivity index (χ4n) is 21.3. The molecule has 44 heteroatoms. The molecule has 0 radical (unpaired) electrons. The van der Waals surface area contributed by atoms with Crippen LogP contribution in [-0.4, -0.2) is 131 Å². The van der Waals surface area contributed by atoms with E-state index in [1.165, 1.54) is 32.5 Å². The fourth-order valence-corrected chi connectivity index (χ4v) is 29.0. The molecule has 6 aromatic rings. The van der Waals surface area contributed by atoms with Crippen molar-refractivity contribution in [1.82, 2.24) is 0 Å². The van der Waals surface area contributed by atoms with Gasteiger partial charge in [-0.05, 0) is 287 Å². The SMILES string of the molecule is CC(C)(C)c1ccc([I+]c2ccc(C(C)(C)C)cc2)cc1.O=S(=O)([O-])C(F)(F)C(F)(F)OC(F)(F)C(F)(F)CCC12CC3CC(CC(C3)C1)C2.O=S(=O)([O-])C(F)(F)C(F)(F)OC(F)(F)C(F)(F)CCC12CC3CC(CC(O)(C3)C1)C2.O=S(=O)([O-])C(F)(F)C(F)(F)OC(F)(F)C(F)(F)CCC12CC3CC(CC(O)(C3)C1)C2.c1ccc([I+]c2ccccc2)cc1.c1ccc([I+]c2ccccc2)cc1. The van der Waals surface area contributed by atoms with E-state index >= 15 is 0 Å². The van der Waals surface area contributed by atoms with Gasteiger partial charge in [0.1, 0.15) is 0 Å². The molecule has 0 heterocycles. The lowest BCUT2D eigenvalue weighted by Crippen LogP contribution is -3.61. The zero-order valence-corrected chi connectivity index (χ0v) is 82.8. The third-order valence-corrected chi connectivity index (χ3v) is 37.0. The predicted octanol–water partition coefficient (Wildman–Crippen LogP) is 15.1. The molecule has 0 amide bonds. The van der Waals surface area contributed by atoms with Crippen molar-refractivity contribution in [3.05, 3.63) is 202 Å². The minimum Gasteiger partial charge on any atom is -0.743 e. The first-order valence-corrected chi connectivity index (χ1v) is 53.9. The molecule has 18 rings (SSSR count). The molecule has 762 valence electrons. The molecule has 136 heavy (non-hydrogen) atoms. The Morgan fingerprint density at radius 1 is 0.287 bits per heavy atom. The van der Waals surface area contributed by atoms with Gasteiger partial charge in [0.15, 0.2) is 51.8 Å². The average molecular weight is 2370 g/mol. The Labute approximate surface area is 804 Å². The molecule has 0 saturated heterocycles. The van der Waals surface area contributed by atoms with Gasteiger partial charge in [-0.3, -0.25) is 0 Å². The van der Waals surface area contributed by atoms with Crippen molar-refractivity contribution in [3.63, 3.8) is 0 Å². The molecule has 6 aromatic carbocycles. The van der Waals surface area contributed by atoms with Crippen LogP contribution in [0.4, 0.5) is 105 Å². The van der Waals surface area contributed by atoms with Crippen molar-refractivity contribution < 1.29 is 232 Å². The number of halogens is 27. The zero-order chi connectivity index (χ0) is 102. The van der Waals surface area contributed by atoms with E-state index < -0.39 is 167 Å². The van der Waals surface area contributed by atoms with Crippen molar-refractivity contribution in [2.75, 3.05) is 0 Å². The van der Waals surface area contributed by atoms with Gasteiger partial charge >= 0.3 is 134 Å². The van der Waals surface area contributed by atoms with Crippen molar-refractivity contribution >= 4 is 30.4 Å². The maximum Gasteiger partial charge on any atom is 0.438 e. The summed E-state index contributed by atoms with van der Waals surface area (Å²) in [6.07, 6.45) is -35.6. The van der Waals surface area contributed by atoms with Crippen molar-refractivity contribution in [1.29, 1.82) is 0 Å². The van der Waals surface area contributed by atoms with Crippen LogP contribution in [0.3, 0.4) is 0 Å². The van der Waals surface area contributed by atoms with Crippen LogP contribution in [0.25, 0.3) is 0 Å². The highest BCUT2D eigenvalue weighted by molar-refractivity contribution is 7.87. The topological polar surface area (TPSA) is 240 Å². The summed E-state index contributed by atoms with van der Waals surface area (Å²) in [4.78, 5) is 0. The van der Waals surface area contributed by atoms with E-state index in [0.717, 1.165) is 32.1 Å². The van der Waals surface area contributed by atoms with Gasteiger partial charge in [-0.2, -0.15) is 105 Å². The molecule has 12 aliphatic carbocycles. The average Bonchev–Trinajstić information content (AvgIpc) is 0.727. The minimum atomic E-state index is -7.19. The zero-order valence-electron chi connectivity index (χ0n) is 73.9. The monoisotopic (exact) mass is 2360 g/mol. The lowest BCUT2D eigenvalue weighted by atomic mass is 9.47. The van der Waals surface area contributed by atoms with E-state index in [1.54, 1.807) is 0 Å². The molecule has 0 spiro atoms. The van der Waals surface area contributed by atoms with Gasteiger partial charge in [-0.15, -0.1) is 0 Å². The fraction of sp³-hybridized carbons (Fsp3) is 0.609. The van der Waals surface area contributed by atoms with Gasteiger partial charge in [0, 0.05) is 19.3 Å². The Bertz CT molecular complexity index is 4940. The molecular weight excluding hydrogens is 2260 g/mol. The summed E-state index contributed by atoms with van der Waals surface area (Å²) >= 11 is -0.0129. The van der Waals surface area contributed by atoms with Crippen LogP contribution >= 0.6 is 0 Å². The van der Waals surface area contributed by atoms with Gasteiger partial charge in [0.25, 0.3) is 0 Å². The Morgan fingerprint density at radius 3 is 0.676 bits per heavy atom. The van der Waals surface area contributed by atoms with Gasteiger partial charge in [-0.25, -0.2) is 39.5 Å². The van der Waals surface area contributed by atoms with E-state index in [-0.39, 0.29) is 111 Å². The van der Waals surface area contributed by atoms with Crippen LogP contribution in [0, 0.1) is 79.1 Å². The summed E-state index contributed by atoms with van der Waals surface area (Å²) < 4.78 is 432. The number of aliphatic hydroxyl groups is 2. The van der Waals surface area contributed by atoms with Crippen LogP contribution in [-0.2, 0) is 55.4 Å². The van der Waals surface area contributed by atoms with E-state index in [4.69, 9.17) is 0 Å². The van der Waals surface area contributed by atoms with Crippen LogP contribution < -0.4 is 63.6 Å². The van der Waals surface area contributed by atoms with Gasteiger partial charge in [-0.1, -0.05) is 139 Å². The van der Waals surface area contributed by atoms with Crippen LogP contribution in [0.5, 0.6) is 0 Å². The number of rotatable bonds is 30. The Morgan fingerprint density at radius 2 is 0.478 bits per heavy atom. The van der Waals surface area contributed by atoms with Crippen molar-refractivity contribution in [2.45, 2.75) is 288 Å². The third kappa shape index (κ3) is 27.5. The summed E-state index contributed by atoms with van der Waals surface area (Å²) in [7, 11) is -21.5. The summed E-state index contributed by atoms with van der Waals surface area (Å²) in [5.41, 5.74) is -1.34. The van der Waals surface area contributed by atoms with Gasteiger partial charge < -0.3 is 23.9 Å². The summed E-state index contributed by atoms with van der Waals surface area (Å²) in [6.45, 7) is 13.6. The molecule has 4 atom stereocenters. The molecule has 2 N–H and O–H groups in total. The van der Waals surface area contributed by atoms with E-state index in [2.05, 4.69) is 226 Å². The molecule has 0 aliphatic heterocycles. The summed E-state index contributed by atoms with van der Waals surface area (Å²) in [5, 5.41) is 1.06. The number of benzene rings is 6. The molecular formula is C92H103F24I3O14S3. The van der Waals surface area contributed by atoms with Crippen LogP contribution in [0.1, 0.15) is 207 Å². The summed E-state index contributed by atoms with van der Waals surface area (Å²) in [6, 6.07) is 61.2. The first-order chi connectivity index (χ1) is 61.9. The molecule has 12 fully saturated rings. The van der Waals surface area contributed by atoms with Crippen molar-refractivity contribution in [3.8, 4) is 0 Å². The highest BCUT2D eigenvalue weighted by atomic mass is 127. The van der Waals surface area contributed by atoms with Gasteiger partial charge in [0.05, 0.1) is 11.2 Å². The number of hydrogen-bond acceptors (Lipinski definition) is 14. The molecule has 14 nitrogen and oxygen atoms in total. The number of hydrogen-bond donors (Lipinski definition) is 2. The molecule has 4 unspecified atom stereocenters. The Hall–Kier alpha value is -4.64. The third-order valence-electron chi connectivity index (χ3n) is 26.4. The summed E-state index contributed by atoms with van der Waals surface area (Å²) in [5.74, 6) is -15.0. The van der Waals surface area contributed by atoms with E-state index in [9.17, 15) is 154 Å². The standard InChI is InChI=1S/C20H26I.2C16H20F8O5S.C16H20F8O4S.2C12H10I/c1-19(2,3)15-7-11-17(12-8-15)21-18-13-9-16(10-14-18)20(4,5)6;2*17-13(18,14(19,20)29-15(21,22)16(23,24)30(26,27)28)2-1-11-4-9-3-10(5-11)7-12(25,6-9)8-11;17-13(18,14(19,20)28-15(21,22)16(23,24)29(25,26)27)2-1-12-6-9-3-10(7-12)5-11(4-9)8-12;2*1-3-7-11(8-4-1)13-12-9-5-2-6-10-12/h7-14H,1-6H3;2*9-10,25H,1-8H2,(H,26,27,28);9-11H,1-8H2,(H,25,26,27);2*1-10H/q+1;;;;2*+1/p-3.